The number of carbonyl (C=O) groups is 2. The smallest absolute Gasteiger partial charge is 0.352 e. The number of aryl methyl sites for hydroxylation is 1. The number of aromatic amines is 1. The molecule has 5 heteroatoms. The lowest BCUT2D eigenvalue weighted by atomic mass is 10.0. The van der Waals surface area contributed by atoms with Gasteiger partial charge in [-0.1, -0.05) is 6.07 Å². The maximum Gasteiger partial charge on any atom is 0.352 e. The quantitative estimate of drug-likeness (QED) is 0.818. The second-order valence-corrected chi connectivity index (χ2v) is 3.92. The molecule has 0 bridgehead atoms. The van der Waals surface area contributed by atoms with Crippen LogP contribution in [-0.2, 0) is 0 Å². The van der Waals surface area contributed by atoms with Crippen molar-refractivity contribution in [2.75, 3.05) is 0 Å². The van der Waals surface area contributed by atoms with Gasteiger partial charge in [-0.05, 0) is 30.7 Å². The molecule has 0 aliphatic carbocycles. The summed E-state index contributed by atoms with van der Waals surface area (Å²) in [6, 6.07) is 5.46. The first-order valence-corrected chi connectivity index (χ1v) is 5.21. The number of hydrogen-bond acceptors (Lipinski definition) is 2. The molecule has 0 amide bonds. The number of carbonyl (C=O) groups excluding carboxylic acids is 1. The van der Waals surface area contributed by atoms with E-state index in [4.69, 9.17) is 5.11 Å². The summed E-state index contributed by atoms with van der Waals surface area (Å²) < 4.78 is 13.6. The lowest BCUT2D eigenvalue weighted by molar-refractivity contribution is 0.0691. The molecule has 0 spiro atoms. The van der Waals surface area contributed by atoms with Crippen LogP contribution in [0.5, 0.6) is 0 Å². The summed E-state index contributed by atoms with van der Waals surface area (Å²) >= 11 is 0. The maximum absolute atomic E-state index is 13.6. The van der Waals surface area contributed by atoms with Crippen LogP contribution < -0.4 is 0 Å². The molecule has 1 aromatic heterocycles. The van der Waals surface area contributed by atoms with E-state index in [0.717, 1.165) is 0 Å². The number of benzene rings is 1. The lowest BCUT2D eigenvalue weighted by Crippen LogP contribution is -2.03. The van der Waals surface area contributed by atoms with Crippen LogP contribution in [0.4, 0.5) is 4.39 Å². The number of halogens is 1. The highest BCUT2D eigenvalue weighted by atomic mass is 19.1. The summed E-state index contributed by atoms with van der Waals surface area (Å²) in [5.74, 6) is -2.33. The largest absolute Gasteiger partial charge is 0.477 e. The van der Waals surface area contributed by atoms with Gasteiger partial charge < -0.3 is 10.1 Å². The fourth-order valence-electron chi connectivity index (χ4n) is 1.61. The Morgan fingerprint density at radius 2 is 2.00 bits per heavy atom. The van der Waals surface area contributed by atoms with Crippen molar-refractivity contribution < 1.29 is 19.1 Å². The van der Waals surface area contributed by atoms with E-state index in [2.05, 4.69) is 4.98 Å². The van der Waals surface area contributed by atoms with Crippen molar-refractivity contribution in [2.24, 2.45) is 0 Å². The van der Waals surface area contributed by atoms with E-state index in [1.54, 1.807) is 13.0 Å². The van der Waals surface area contributed by atoms with Crippen molar-refractivity contribution >= 4 is 11.8 Å². The van der Waals surface area contributed by atoms with Gasteiger partial charge in [0, 0.05) is 11.8 Å². The summed E-state index contributed by atoms with van der Waals surface area (Å²) in [7, 11) is 0. The highest BCUT2D eigenvalue weighted by Gasteiger charge is 2.17. The van der Waals surface area contributed by atoms with Crippen LogP contribution in [0.2, 0.25) is 0 Å². The molecule has 0 aliphatic rings. The maximum atomic E-state index is 13.6. The van der Waals surface area contributed by atoms with Crippen LogP contribution in [0, 0.1) is 12.7 Å². The summed E-state index contributed by atoms with van der Waals surface area (Å²) in [5.41, 5.74) is 0.655. The minimum absolute atomic E-state index is 0.0726. The molecule has 0 saturated heterocycles. The van der Waals surface area contributed by atoms with Crippen LogP contribution in [0.25, 0.3) is 0 Å². The van der Waals surface area contributed by atoms with E-state index in [1.807, 2.05) is 0 Å². The highest BCUT2D eigenvalue weighted by Crippen LogP contribution is 2.16. The SMILES string of the molecule is Cc1ccc(C(=O)c2c[nH]c(C(=O)O)c2)c(F)c1. The zero-order valence-corrected chi connectivity index (χ0v) is 9.53. The predicted octanol–water partition coefficient (Wildman–Crippen LogP) is 2.39. The Hall–Kier alpha value is -2.43. The molecular weight excluding hydrogens is 237 g/mol. The fraction of sp³-hybridized carbons (Fsp3) is 0.0769. The van der Waals surface area contributed by atoms with Crippen LogP contribution >= 0.6 is 0 Å². The van der Waals surface area contributed by atoms with E-state index < -0.39 is 17.6 Å². The summed E-state index contributed by atoms with van der Waals surface area (Å²) in [5, 5.41) is 8.72. The minimum atomic E-state index is -1.17. The highest BCUT2D eigenvalue weighted by molar-refractivity contribution is 6.10. The van der Waals surface area contributed by atoms with Crippen molar-refractivity contribution in [1.29, 1.82) is 0 Å². The van der Waals surface area contributed by atoms with Gasteiger partial charge in [-0.3, -0.25) is 4.79 Å². The van der Waals surface area contributed by atoms with E-state index in [9.17, 15) is 14.0 Å². The van der Waals surface area contributed by atoms with Gasteiger partial charge in [0.15, 0.2) is 5.78 Å². The zero-order valence-electron chi connectivity index (χ0n) is 9.53. The minimum Gasteiger partial charge on any atom is -0.477 e. The molecule has 92 valence electrons. The number of aromatic carboxylic acids is 1. The first-order valence-electron chi connectivity index (χ1n) is 5.21. The standard InChI is InChI=1S/C13H10FNO3/c1-7-2-3-9(10(14)4-7)12(16)8-5-11(13(17)18)15-6-8/h2-6,15H,1H3,(H,17,18). The molecule has 0 fully saturated rings. The fourth-order valence-corrected chi connectivity index (χ4v) is 1.61. The van der Waals surface area contributed by atoms with Gasteiger partial charge in [-0.2, -0.15) is 0 Å². The topological polar surface area (TPSA) is 70.2 Å². The van der Waals surface area contributed by atoms with Crippen molar-refractivity contribution in [1.82, 2.24) is 4.98 Å². The average Bonchev–Trinajstić information content (AvgIpc) is 2.77. The van der Waals surface area contributed by atoms with E-state index in [-0.39, 0.29) is 16.8 Å². The second kappa shape index (κ2) is 4.44. The molecule has 1 heterocycles. The van der Waals surface area contributed by atoms with Gasteiger partial charge in [0.05, 0.1) is 5.56 Å². The normalized spacial score (nSPS) is 10.3. The summed E-state index contributed by atoms with van der Waals surface area (Å²) in [6.07, 6.45) is 1.26. The number of H-pyrrole nitrogens is 1. The predicted molar refractivity (Wildman–Crippen MR) is 62.3 cm³/mol. The molecule has 4 nitrogen and oxygen atoms in total. The van der Waals surface area contributed by atoms with Gasteiger partial charge in [-0.15, -0.1) is 0 Å². The van der Waals surface area contributed by atoms with Crippen LogP contribution in [-0.4, -0.2) is 21.8 Å². The molecule has 1 aromatic carbocycles. The molecule has 2 aromatic rings. The van der Waals surface area contributed by atoms with Crippen molar-refractivity contribution in [3.05, 3.63) is 58.7 Å². The Labute approximate surface area is 102 Å². The number of carboxylic acid groups (broad SMARTS) is 1. The van der Waals surface area contributed by atoms with Crippen molar-refractivity contribution in [3.63, 3.8) is 0 Å². The first kappa shape index (κ1) is 12.0. The van der Waals surface area contributed by atoms with Gasteiger partial charge in [0.1, 0.15) is 11.5 Å². The number of rotatable bonds is 3. The molecule has 0 saturated carbocycles. The van der Waals surface area contributed by atoms with Gasteiger partial charge in [0.2, 0.25) is 0 Å². The van der Waals surface area contributed by atoms with E-state index in [0.29, 0.717) is 5.56 Å². The number of nitrogens with one attached hydrogen (secondary N) is 1. The Kier molecular flexibility index (Phi) is 2.97. The molecule has 2 rings (SSSR count). The summed E-state index contributed by atoms with van der Waals surface area (Å²) in [6.45, 7) is 1.72. The number of carboxylic acids is 1. The Morgan fingerprint density at radius 1 is 1.28 bits per heavy atom. The third kappa shape index (κ3) is 2.15. The van der Waals surface area contributed by atoms with Gasteiger partial charge in [0.25, 0.3) is 0 Å². The van der Waals surface area contributed by atoms with E-state index >= 15 is 0 Å². The summed E-state index contributed by atoms with van der Waals surface area (Å²) in [4.78, 5) is 25.1. The Bertz CT molecular complexity index is 631. The number of aromatic nitrogens is 1. The van der Waals surface area contributed by atoms with Crippen LogP contribution in [0.15, 0.2) is 30.5 Å². The van der Waals surface area contributed by atoms with Crippen LogP contribution in [0.3, 0.4) is 0 Å². The molecule has 0 atom stereocenters. The van der Waals surface area contributed by atoms with Crippen molar-refractivity contribution in [3.8, 4) is 0 Å². The number of ketones is 1. The molecule has 18 heavy (non-hydrogen) atoms. The molecule has 0 radical (unpaired) electrons. The Morgan fingerprint density at radius 3 is 2.56 bits per heavy atom. The monoisotopic (exact) mass is 247 g/mol. The van der Waals surface area contributed by atoms with Gasteiger partial charge in [-0.25, -0.2) is 9.18 Å². The number of hydrogen-bond donors (Lipinski definition) is 2. The van der Waals surface area contributed by atoms with Gasteiger partial charge >= 0.3 is 5.97 Å². The first-order chi connectivity index (χ1) is 8.49. The molecule has 2 N–H and O–H groups in total. The third-order valence-electron chi connectivity index (χ3n) is 2.54. The van der Waals surface area contributed by atoms with Crippen molar-refractivity contribution in [2.45, 2.75) is 6.92 Å². The molecule has 0 aliphatic heterocycles. The zero-order chi connectivity index (χ0) is 13.3. The molecule has 0 unspecified atom stereocenters. The third-order valence-corrected chi connectivity index (χ3v) is 2.54. The van der Waals surface area contributed by atoms with Crippen LogP contribution in [0.1, 0.15) is 32.0 Å². The Balaban J connectivity index is 2.38. The second-order valence-electron chi connectivity index (χ2n) is 3.92. The van der Waals surface area contributed by atoms with E-state index in [1.165, 1.54) is 24.4 Å². The molecular formula is C13H10FNO3. The lowest BCUT2D eigenvalue weighted by Gasteiger charge is -2.01. The average molecular weight is 247 g/mol.